The zero-order valence-electron chi connectivity index (χ0n) is 18.9. The fraction of sp³-hybridized carbons (Fsp3) is 0.259. The summed E-state index contributed by atoms with van der Waals surface area (Å²) in [5.41, 5.74) is 1.86. The van der Waals surface area contributed by atoms with E-state index in [-0.39, 0.29) is 17.4 Å². The molecule has 0 aliphatic carbocycles. The molecule has 1 unspecified atom stereocenters. The Balaban J connectivity index is 1.72. The standard InChI is InChI=1S/C27H26ClN3O3/c1-27(19-7-9-21(32)10-8-19)25(33)24-22(30-13-11-29-12-14-30)15-20(28)16-23(24)31(26(27)34)17-18-5-3-2-4-6-18/h2-10,15-16,29,32H,11-14,17H2,1H3. The van der Waals surface area contributed by atoms with E-state index in [4.69, 9.17) is 11.6 Å². The Labute approximate surface area is 203 Å². The van der Waals surface area contributed by atoms with Crippen molar-refractivity contribution in [2.75, 3.05) is 36.0 Å². The van der Waals surface area contributed by atoms with Gasteiger partial charge in [0.1, 0.15) is 11.2 Å². The molecule has 34 heavy (non-hydrogen) atoms. The van der Waals surface area contributed by atoms with Crippen LogP contribution in [0.3, 0.4) is 0 Å². The van der Waals surface area contributed by atoms with E-state index < -0.39 is 5.41 Å². The van der Waals surface area contributed by atoms with Crippen LogP contribution in [-0.2, 0) is 16.8 Å². The lowest BCUT2D eigenvalue weighted by Crippen LogP contribution is -2.55. The third-order valence-corrected chi connectivity index (χ3v) is 7.01. The highest BCUT2D eigenvalue weighted by atomic mass is 35.5. The van der Waals surface area contributed by atoms with Gasteiger partial charge in [-0.1, -0.05) is 54.1 Å². The van der Waals surface area contributed by atoms with Crippen LogP contribution >= 0.6 is 11.6 Å². The van der Waals surface area contributed by atoms with E-state index >= 15 is 0 Å². The molecule has 5 rings (SSSR count). The quantitative estimate of drug-likeness (QED) is 0.555. The number of phenolic OH excluding ortho intramolecular Hbond substituents is 1. The number of halogens is 1. The third-order valence-electron chi connectivity index (χ3n) is 6.79. The Kier molecular flexibility index (Phi) is 5.80. The van der Waals surface area contributed by atoms with Gasteiger partial charge >= 0.3 is 0 Å². The molecule has 1 saturated heterocycles. The van der Waals surface area contributed by atoms with E-state index in [0.717, 1.165) is 37.4 Å². The molecule has 7 heteroatoms. The maximum Gasteiger partial charge on any atom is 0.245 e. The zero-order valence-corrected chi connectivity index (χ0v) is 19.7. The minimum atomic E-state index is -1.44. The molecule has 0 aromatic heterocycles. The number of hydrogen-bond donors (Lipinski definition) is 2. The fourth-order valence-electron chi connectivity index (χ4n) is 4.88. The second-order valence-electron chi connectivity index (χ2n) is 8.93. The number of ketones is 1. The summed E-state index contributed by atoms with van der Waals surface area (Å²) in [6, 6.07) is 19.6. The van der Waals surface area contributed by atoms with Crippen molar-refractivity contribution >= 4 is 34.7 Å². The lowest BCUT2D eigenvalue weighted by Gasteiger charge is -2.42. The SMILES string of the molecule is CC1(c2ccc(O)cc2)C(=O)c2c(N3CCNCC3)cc(Cl)cc2N(Cc2ccccc2)C1=O. The van der Waals surface area contributed by atoms with Crippen molar-refractivity contribution in [1.82, 2.24) is 5.32 Å². The van der Waals surface area contributed by atoms with Gasteiger partial charge in [0.15, 0.2) is 5.78 Å². The minimum absolute atomic E-state index is 0.0814. The van der Waals surface area contributed by atoms with Gasteiger partial charge in [0.25, 0.3) is 0 Å². The highest BCUT2D eigenvalue weighted by Gasteiger charge is 2.52. The van der Waals surface area contributed by atoms with Gasteiger partial charge in [-0.25, -0.2) is 0 Å². The van der Waals surface area contributed by atoms with Gasteiger partial charge in [-0.15, -0.1) is 0 Å². The molecule has 2 N–H and O–H groups in total. The zero-order chi connectivity index (χ0) is 23.9. The van der Waals surface area contributed by atoms with E-state index in [0.29, 0.717) is 28.4 Å². The number of aromatic hydroxyl groups is 1. The average molecular weight is 476 g/mol. The van der Waals surface area contributed by atoms with Gasteiger partial charge in [0.05, 0.1) is 23.5 Å². The van der Waals surface area contributed by atoms with Crippen molar-refractivity contribution in [3.63, 3.8) is 0 Å². The Hall–Kier alpha value is -3.35. The molecule has 1 amide bonds. The minimum Gasteiger partial charge on any atom is -0.508 e. The Morgan fingerprint density at radius 2 is 1.62 bits per heavy atom. The molecule has 174 valence electrons. The lowest BCUT2D eigenvalue weighted by atomic mass is 9.71. The van der Waals surface area contributed by atoms with E-state index in [1.54, 1.807) is 30.0 Å². The lowest BCUT2D eigenvalue weighted by molar-refractivity contribution is -0.122. The number of anilines is 2. The van der Waals surface area contributed by atoms with Gasteiger partial charge in [0, 0.05) is 31.2 Å². The van der Waals surface area contributed by atoms with Crippen LogP contribution in [0.2, 0.25) is 5.02 Å². The maximum absolute atomic E-state index is 14.2. The van der Waals surface area contributed by atoms with Crippen LogP contribution in [0, 0.1) is 0 Å². The van der Waals surface area contributed by atoms with Crippen LogP contribution in [-0.4, -0.2) is 43.0 Å². The van der Waals surface area contributed by atoms with E-state index in [1.165, 1.54) is 12.1 Å². The average Bonchev–Trinajstić information content (AvgIpc) is 2.86. The fourth-order valence-corrected chi connectivity index (χ4v) is 5.08. The Morgan fingerprint density at radius 3 is 2.29 bits per heavy atom. The number of nitrogens with zero attached hydrogens (tertiary/aromatic N) is 2. The molecule has 0 spiro atoms. The Morgan fingerprint density at radius 1 is 0.971 bits per heavy atom. The number of carbonyl (C=O) groups is 2. The summed E-state index contributed by atoms with van der Waals surface area (Å²) in [6.45, 7) is 5.08. The van der Waals surface area contributed by atoms with Crippen molar-refractivity contribution in [2.24, 2.45) is 0 Å². The van der Waals surface area contributed by atoms with Crippen molar-refractivity contribution in [2.45, 2.75) is 18.9 Å². The number of fused-ring (bicyclic) bond motifs is 1. The topological polar surface area (TPSA) is 72.9 Å². The van der Waals surface area contributed by atoms with Crippen molar-refractivity contribution in [3.05, 3.63) is 88.4 Å². The predicted octanol–water partition coefficient (Wildman–Crippen LogP) is 4.14. The largest absolute Gasteiger partial charge is 0.508 e. The van der Waals surface area contributed by atoms with E-state index in [2.05, 4.69) is 10.2 Å². The summed E-state index contributed by atoms with van der Waals surface area (Å²) in [4.78, 5) is 32.1. The molecule has 1 atom stereocenters. The van der Waals surface area contributed by atoms with Gasteiger partial charge < -0.3 is 20.2 Å². The van der Waals surface area contributed by atoms with Crippen LogP contribution < -0.4 is 15.1 Å². The monoisotopic (exact) mass is 475 g/mol. The summed E-state index contributed by atoms with van der Waals surface area (Å²) >= 11 is 6.55. The van der Waals surface area contributed by atoms with Gasteiger partial charge in [-0.2, -0.15) is 0 Å². The number of nitrogens with one attached hydrogen (secondary N) is 1. The summed E-state index contributed by atoms with van der Waals surface area (Å²) in [7, 11) is 0. The molecule has 1 fully saturated rings. The second-order valence-corrected chi connectivity index (χ2v) is 9.37. The summed E-state index contributed by atoms with van der Waals surface area (Å²) in [5.74, 6) is -0.487. The van der Waals surface area contributed by atoms with Crippen LogP contribution in [0.5, 0.6) is 5.75 Å². The highest BCUT2D eigenvalue weighted by molar-refractivity contribution is 6.34. The van der Waals surface area contributed by atoms with E-state index in [1.807, 2.05) is 36.4 Å². The molecule has 0 saturated carbocycles. The summed E-state index contributed by atoms with van der Waals surface area (Å²) < 4.78 is 0. The molecule has 0 radical (unpaired) electrons. The van der Waals surface area contributed by atoms with Crippen LogP contribution in [0.1, 0.15) is 28.4 Å². The molecule has 0 bridgehead atoms. The smallest absolute Gasteiger partial charge is 0.245 e. The third kappa shape index (κ3) is 3.73. The van der Waals surface area contributed by atoms with Gasteiger partial charge in [-0.3, -0.25) is 9.59 Å². The van der Waals surface area contributed by atoms with Crippen molar-refractivity contribution < 1.29 is 14.7 Å². The maximum atomic E-state index is 14.2. The van der Waals surface area contributed by atoms with E-state index in [9.17, 15) is 14.7 Å². The van der Waals surface area contributed by atoms with Crippen LogP contribution in [0.15, 0.2) is 66.7 Å². The molecule has 3 aromatic rings. The Bertz CT molecular complexity index is 1240. The highest BCUT2D eigenvalue weighted by Crippen LogP contribution is 2.46. The molecular weight excluding hydrogens is 450 g/mol. The van der Waals surface area contributed by atoms with Gasteiger partial charge in [-0.05, 0) is 42.3 Å². The van der Waals surface area contributed by atoms with Crippen molar-refractivity contribution in [1.29, 1.82) is 0 Å². The first kappa shape index (κ1) is 22.4. The first-order valence-corrected chi connectivity index (χ1v) is 11.8. The molecule has 2 heterocycles. The van der Waals surface area contributed by atoms with Crippen molar-refractivity contribution in [3.8, 4) is 5.75 Å². The molecular formula is C27H26ClN3O3. The van der Waals surface area contributed by atoms with Crippen LogP contribution in [0.25, 0.3) is 0 Å². The summed E-state index contributed by atoms with van der Waals surface area (Å²) in [6.07, 6.45) is 0. The first-order chi connectivity index (χ1) is 16.4. The number of benzene rings is 3. The number of Topliss-reactive ketones (excluding diaryl/α,β-unsaturated/α-hetero) is 1. The summed E-state index contributed by atoms with van der Waals surface area (Å²) in [5, 5.41) is 13.6. The number of amides is 1. The molecule has 2 aliphatic rings. The predicted molar refractivity (Wildman–Crippen MR) is 134 cm³/mol. The molecule has 2 aliphatic heterocycles. The number of carbonyl (C=O) groups excluding carboxylic acids is 2. The van der Waals surface area contributed by atoms with Gasteiger partial charge in [0.2, 0.25) is 5.91 Å². The number of hydrogen-bond acceptors (Lipinski definition) is 5. The van der Waals surface area contributed by atoms with Crippen LogP contribution in [0.4, 0.5) is 11.4 Å². The number of phenols is 1. The number of piperazine rings is 1. The normalized spacial score (nSPS) is 20.4. The number of rotatable bonds is 4. The first-order valence-electron chi connectivity index (χ1n) is 11.4. The molecule has 3 aromatic carbocycles. The second kappa shape index (κ2) is 8.78. The molecule has 6 nitrogen and oxygen atoms in total.